The van der Waals surface area contributed by atoms with Crippen molar-refractivity contribution in [2.75, 3.05) is 7.11 Å². The number of hydrogen-bond acceptors (Lipinski definition) is 4. The molecule has 0 aromatic heterocycles. The van der Waals surface area contributed by atoms with Crippen molar-refractivity contribution in [3.8, 4) is 0 Å². The van der Waals surface area contributed by atoms with Crippen LogP contribution in [0.5, 0.6) is 0 Å². The molecule has 121 valence electrons. The van der Waals surface area contributed by atoms with Crippen LogP contribution in [-0.2, 0) is 41.4 Å². The number of rotatable bonds is 4. The summed E-state index contributed by atoms with van der Waals surface area (Å²) in [6.45, 7) is 6.73. The van der Waals surface area contributed by atoms with Crippen LogP contribution >= 0.6 is 22.6 Å². The fourth-order valence-electron chi connectivity index (χ4n) is 2.59. The zero-order valence-electron chi connectivity index (χ0n) is 12.2. The van der Waals surface area contributed by atoms with Gasteiger partial charge in [-0.05, 0) is 40.0 Å². The first-order valence-corrected chi connectivity index (χ1v) is 7.37. The summed E-state index contributed by atoms with van der Waals surface area (Å²) < 4.78 is 9.60. The molecule has 0 heterocycles. The van der Waals surface area contributed by atoms with Crippen LogP contribution in [0.15, 0.2) is 0 Å². The van der Waals surface area contributed by atoms with E-state index in [1.165, 1.54) is 32.8 Å². The van der Waals surface area contributed by atoms with Crippen molar-refractivity contribution in [2.24, 2.45) is 5.41 Å². The molecule has 0 atom stereocenters. The van der Waals surface area contributed by atoms with Gasteiger partial charge in [-0.2, -0.15) is 6.42 Å². The van der Waals surface area contributed by atoms with E-state index in [0.717, 1.165) is 6.42 Å². The average molecular weight is 577 g/mol. The third-order valence-electron chi connectivity index (χ3n) is 3.33. The summed E-state index contributed by atoms with van der Waals surface area (Å²) in [5.74, 6) is -0.178. The molecule has 2 bridgehead atoms. The smallest absolute Gasteiger partial charge is 0.166 e. The predicted molar refractivity (Wildman–Crippen MR) is 80.5 cm³/mol. The molecule has 3 aliphatic carbocycles. The van der Waals surface area contributed by atoms with Crippen LogP contribution < -0.4 is 0 Å². The summed E-state index contributed by atoms with van der Waals surface area (Å²) in [5.41, 5.74) is 0.122. The molecule has 0 unspecified atom stereocenters. The molecule has 3 rings (SSSR count). The maximum absolute atomic E-state index is 10.8. The summed E-state index contributed by atoms with van der Waals surface area (Å²) in [5, 5.41) is 0. The maximum Gasteiger partial charge on any atom is 0.166 e. The molecule has 0 amide bonds. The van der Waals surface area contributed by atoms with Crippen LogP contribution in [-0.4, -0.2) is 28.6 Å². The average Bonchev–Trinajstić information content (AvgIpc) is 2.20. The van der Waals surface area contributed by atoms with Crippen molar-refractivity contribution in [1.29, 1.82) is 0 Å². The molecular formula is C14H21AuIO4-2. The van der Waals surface area contributed by atoms with Crippen molar-refractivity contribution < 1.29 is 41.4 Å². The molecule has 0 saturated heterocycles. The van der Waals surface area contributed by atoms with Gasteiger partial charge in [0.2, 0.25) is 0 Å². The normalized spacial score (nSPS) is 29.2. The number of carbonyl (C=O) groups excluding carboxylic acids is 2. The molecule has 3 aliphatic rings. The van der Waals surface area contributed by atoms with Gasteiger partial charge in [-0.25, -0.2) is 0 Å². The van der Waals surface area contributed by atoms with E-state index < -0.39 is 0 Å². The Balaban J connectivity index is 0.000000396. The molecule has 3 fully saturated rings. The van der Waals surface area contributed by atoms with Crippen molar-refractivity contribution >= 4 is 35.0 Å². The second-order valence-electron chi connectivity index (χ2n) is 6.41. The quantitative estimate of drug-likeness (QED) is 0.170. The van der Waals surface area contributed by atoms with Crippen LogP contribution in [0.2, 0.25) is 0 Å². The van der Waals surface area contributed by atoms with Gasteiger partial charge >= 0.3 is 0 Å². The first-order valence-electron chi connectivity index (χ1n) is 6.29. The van der Waals surface area contributed by atoms with E-state index in [4.69, 9.17) is 0 Å². The minimum Gasteiger partial charge on any atom is -0.649 e. The second kappa shape index (κ2) is 7.51. The zero-order valence-corrected chi connectivity index (χ0v) is 16.5. The Kier molecular flexibility index (Phi) is 7.62. The molecular weight excluding hydrogens is 556 g/mol. The Bertz CT molecular complexity index is 332. The number of halogens is 1. The summed E-state index contributed by atoms with van der Waals surface area (Å²) in [6, 6.07) is 0. The number of methoxy groups -OCH3 is 1. The Labute approximate surface area is 150 Å². The molecule has 3 saturated carbocycles. The van der Waals surface area contributed by atoms with Crippen molar-refractivity contribution in [3.63, 3.8) is 0 Å². The third-order valence-corrected chi connectivity index (χ3v) is 4.47. The number of esters is 1. The Morgan fingerprint density at radius 1 is 1.35 bits per heavy atom. The topological polar surface area (TPSA) is 52.6 Å². The Morgan fingerprint density at radius 3 is 2.10 bits per heavy atom. The number of carbonyl (C=O) groups is 1. The molecule has 4 nitrogen and oxygen atoms in total. The Hall–Kier alpha value is 0.280. The Morgan fingerprint density at radius 2 is 1.85 bits per heavy atom. The van der Waals surface area contributed by atoms with Crippen LogP contribution in [0.1, 0.15) is 46.5 Å². The van der Waals surface area contributed by atoms with E-state index in [1.54, 1.807) is 27.2 Å². The summed E-state index contributed by atoms with van der Waals surface area (Å²) in [6.07, 6.45) is 6.51. The molecule has 0 aromatic rings. The van der Waals surface area contributed by atoms with Gasteiger partial charge < -0.3 is 14.3 Å². The first-order chi connectivity index (χ1) is 8.64. The van der Waals surface area contributed by atoms with E-state index in [9.17, 15) is 9.59 Å². The maximum atomic E-state index is 10.8. The first kappa shape index (κ1) is 20.3. The van der Waals surface area contributed by atoms with Crippen LogP contribution in [0, 0.1) is 11.8 Å². The van der Waals surface area contributed by atoms with Crippen LogP contribution in [0.3, 0.4) is 0 Å². The number of alkyl halides is 1. The molecule has 1 radical (unpaired) electrons. The third kappa shape index (κ3) is 5.95. The predicted octanol–water partition coefficient (Wildman–Crippen LogP) is 2.98. The molecule has 0 spiro atoms. The molecule has 20 heavy (non-hydrogen) atoms. The van der Waals surface area contributed by atoms with Gasteiger partial charge in [0.15, 0.2) is 5.97 Å². The molecule has 0 N–H and O–H groups in total. The monoisotopic (exact) mass is 577 g/mol. The number of hydrogen-bond donors (Lipinski definition) is 0. The van der Waals surface area contributed by atoms with E-state index in [-0.39, 0.29) is 34.0 Å². The van der Waals surface area contributed by atoms with Gasteiger partial charge in [0.05, 0.1) is 12.7 Å². The van der Waals surface area contributed by atoms with E-state index in [0.29, 0.717) is 8.84 Å². The van der Waals surface area contributed by atoms with Crippen molar-refractivity contribution in [3.05, 3.63) is 6.42 Å². The summed E-state index contributed by atoms with van der Waals surface area (Å²) in [4.78, 5) is 20.3. The largest absolute Gasteiger partial charge is 0.649 e. The van der Waals surface area contributed by atoms with Crippen LogP contribution in [0.25, 0.3) is 0 Å². The van der Waals surface area contributed by atoms with Gasteiger partial charge in [-0.1, -0.05) is 34.5 Å². The van der Waals surface area contributed by atoms with E-state index in [2.05, 4.69) is 32.1 Å². The SMILES string of the molecule is CC(C)(C)O[C-]=O.COC(=O)[CH-]CC12CC(I)(C1)C2.[Au]. The van der Waals surface area contributed by atoms with Crippen molar-refractivity contribution in [1.82, 2.24) is 0 Å². The summed E-state index contributed by atoms with van der Waals surface area (Å²) in [7, 11) is 1.43. The molecule has 0 aromatic carbocycles. The van der Waals surface area contributed by atoms with E-state index >= 15 is 0 Å². The zero-order chi connectivity index (χ0) is 14.7. The number of ether oxygens (including phenoxy) is 2. The van der Waals surface area contributed by atoms with Gasteiger partial charge in [0.25, 0.3) is 0 Å². The fourth-order valence-corrected chi connectivity index (χ4v) is 5.01. The van der Waals surface area contributed by atoms with Crippen LogP contribution in [0.4, 0.5) is 0 Å². The van der Waals surface area contributed by atoms with Gasteiger partial charge in [-0.15, -0.1) is 0 Å². The van der Waals surface area contributed by atoms with Gasteiger partial charge in [0.1, 0.15) is 0 Å². The molecule has 6 heteroatoms. The minimum absolute atomic E-state index is 0. The van der Waals surface area contributed by atoms with Gasteiger partial charge in [-0.3, -0.25) is 11.2 Å². The van der Waals surface area contributed by atoms with Gasteiger partial charge in [0, 0.05) is 25.8 Å². The standard InChI is InChI=1S/C9H12IO2.C5H9O2.Au/c1-12-7(11)2-3-8-4-9(10,5-8)6-8;1-5(2,3)7-4-6;/h2H,3-6H2,1H3;1-3H3;/q2*-1;. The summed E-state index contributed by atoms with van der Waals surface area (Å²) >= 11 is 2.54. The molecule has 0 aliphatic heterocycles. The second-order valence-corrected chi connectivity index (χ2v) is 8.70. The minimum atomic E-state index is -0.373. The van der Waals surface area contributed by atoms with E-state index in [1.807, 2.05) is 0 Å². The van der Waals surface area contributed by atoms with Crippen molar-refractivity contribution in [2.45, 2.75) is 55.5 Å². The fraction of sp³-hybridized carbons (Fsp3) is 0.786.